The Morgan fingerprint density at radius 1 is 0.462 bits per heavy atom. The Labute approximate surface area is 81.4 Å². The molecule has 1 rings (SSSR count). The van der Waals surface area contributed by atoms with Gasteiger partial charge < -0.3 is 0 Å². The Hall–Kier alpha value is -1.04. The Morgan fingerprint density at radius 2 is 0.846 bits per heavy atom. The van der Waals surface area contributed by atoms with Crippen LogP contribution in [0.25, 0.3) is 0 Å². The third-order valence-electron chi connectivity index (χ3n) is 2.01. The molecule has 0 aromatic carbocycles. The molecule has 1 aliphatic rings. The van der Waals surface area contributed by atoms with Crippen LogP contribution in [0.5, 0.6) is 0 Å². The minimum absolute atomic E-state index is 1.15. The lowest BCUT2D eigenvalue weighted by atomic mass is 10.2. The van der Waals surface area contributed by atoms with Gasteiger partial charge in [-0.05, 0) is 32.1 Å². The van der Waals surface area contributed by atoms with Crippen LogP contribution >= 0.6 is 0 Å². The molecule has 0 nitrogen and oxygen atoms in total. The van der Waals surface area contributed by atoms with Crippen LogP contribution in [0.15, 0.2) is 48.6 Å². The summed E-state index contributed by atoms with van der Waals surface area (Å²) in [6.07, 6.45) is 23.5. The van der Waals surface area contributed by atoms with E-state index in [4.69, 9.17) is 0 Å². The zero-order valence-electron chi connectivity index (χ0n) is 8.15. The first-order valence-electron chi connectivity index (χ1n) is 5.13. The topological polar surface area (TPSA) is 0 Å². The first kappa shape index (κ1) is 10.0. The molecule has 0 saturated heterocycles. The molecule has 1 aliphatic carbocycles. The summed E-state index contributed by atoms with van der Waals surface area (Å²) in [5.41, 5.74) is 0. The van der Waals surface area contributed by atoms with E-state index in [1.54, 1.807) is 0 Å². The van der Waals surface area contributed by atoms with E-state index >= 15 is 0 Å². The highest BCUT2D eigenvalue weighted by molar-refractivity contribution is 5.06. The van der Waals surface area contributed by atoms with Crippen molar-refractivity contribution in [3.05, 3.63) is 48.6 Å². The van der Waals surface area contributed by atoms with Gasteiger partial charge in [0.15, 0.2) is 0 Å². The Kier molecular flexibility index (Phi) is 5.87. The Balaban J connectivity index is 2.38. The first-order valence-corrected chi connectivity index (χ1v) is 5.13. The van der Waals surface area contributed by atoms with Gasteiger partial charge in [0.25, 0.3) is 0 Å². The fraction of sp³-hybridized carbons (Fsp3) is 0.385. The van der Waals surface area contributed by atoms with Gasteiger partial charge in [-0.1, -0.05) is 48.6 Å². The molecular weight excluding hydrogens is 156 g/mol. The SMILES string of the molecule is C1=CCC/C=C/C=C\CCCC=C1. The highest BCUT2D eigenvalue weighted by Gasteiger charge is 1.80. The van der Waals surface area contributed by atoms with E-state index in [0.717, 1.165) is 12.8 Å². The lowest BCUT2D eigenvalue weighted by molar-refractivity contribution is 0.868. The summed E-state index contributed by atoms with van der Waals surface area (Å²) in [6, 6.07) is 0. The van der Waals surface area contributed by atoms with E-state index in [1.807, 2.05) is 0 Å². The molecular formula is C13H18. The largest absolute Gasteiger partial charge is 0.0845 e. The van der Waals surface area contributed by atoms with Gasteiger partial charge >= 0.3 is 0 Å². The average molecular weight is 174 g/mol. The van der Waals surface area contributed by atoms with Gasteiger partial charge in [-0.2, -0.15) is 0 Å². The van der Waals surface area contributed by atoms with Gasteiger partial charge in [-0.15, -0.1) is 0 Å². The van der Waals surface area contributed by atoms with E-state index in [0.29, 0.717) is 0 Å². The van der Waals surface area contributed by atoms with E-state index in [2.05, 4.69) is 48.6 Å². The van der Waals surface area contributed by atoms with Crippen molar-refractivity contribution in [1.29, 1.82) is 0 Å². The fourth-order valence-corrected chi connectivity index (χ4v) is 1.25. The molecule has 0 aromatic heterocycles. The van der Waals surface area contributed by atoms with Crippen LogP contribution in [0.2, 0.25) is 0 Å². The maximum atomic E-state index is 2.25. The third-order valence-corrected chi connectivity index (χ3v) is 2.01. The molecule has 0 unspecified atom stereocenters. The number of allylic oxidation sites excluding steroid dienone is 8. The van der Waals surface area contributed by atoms with Crippen LogP contribution in [0.1, 0.15) is 32.1 Å². The van der Waals surface area contributed by atoms with Crippen molar-refractivity contribution in [3.8, 4) is 0 Å². The zero-order chi connectivity index (χ0) is 9.19. The van der Waals surface area contributed by atoms with Gasteiger partial charge in [0.05, 0.1) is 0 Å². The quantitative estimate of drug-likeness (QED) is 0.517. The van der Waals surface area contributed by atoms with Crippen LogP contribution in [0.4, 0.5) is 0 Å². The van der Waals surface area contributed by atoms with Crippen molar-refractivity contribution < 1.29 is 0 Å². The van der Waals surface area contributed by atoms with Crippen molar-refractivity contribution in [1.82, 2.24) is 0 Å². The standard InChI is InChI=1S/C13H18/c1-2-4-6-8-10-12-13-11-9-7-5-3-1/h1-4,9,11-13H,5-8,10H2/b3-1+,4-2-,11-9?,13-12?. The van der Waals surface area contributed by atoms with Crippen LogP contribution in [-0.2, 0) is 0 Å². The summed E-state index contributed by atoms with van der Waals surface area (Å²) in [4.78, 5) is 0. The summed E-state index contributed by atoms with van der Waals surface area (Å²) in [7, 11) is 0. The summed E-state index contributed by atoms with van der Waals surface area (Å²) < 4.78 is 0. The molecule has 0 aromatic rings. The van der Waals surface area contributed by atoms with Gasteiger partial charge in [0, 0.05) is 0 Å². The molecule has 0 amide bonds. The molecule has 13 heavy (non-hydrogen) atoms. The van der Waals surface area contributed by atoms with E-state index < -0.39 is 0 Å². The van der Waals surface area contributed by atoms with Crippen LogP contribution in [-0.4, -0.2) is 0 Å². The Bertz CT molecular complexity index is 192. The molecule has 0 aliphatic heterocycles. The van der Waals surface area contributed by atoms with E-state index in [-0.39, 0.29) is 0 Å². The predicted octanol–water partition coefficient (Wildman–Crippen LogP) is 4.18. The van der Waals surface area contributed by atoms with E-state index in [1.165, 1.54) is 19.3 Å². The summed E-state index contributed by atoms with van der Waals surface area (Å²) >= 11 is 0. The first-order chi connectivity index (χ1) is 6.50. The number of hydrogen-bond donors (Lipinski definition) is 0. The van der Waals surface area contributed by atoms with Crippen LogP contribution in [0, 0.1) is 0 Å². The lowest BCUT2D eigenvalue weighted by Crippen LogP contribution is -1.67. The molecule has 0 bridgehead atoms. The van der Waals surface area contributed by atoms with Crippen molar-refractivity contribution in [2.24, 2.45) is 0 Å². The minimum Gasteiger partial charge on any atom is -0.0845 e. The molecule has 0 heterocycles. The highest BCUT2D eigenvalue weighted by Crippen LogP contribution is 2.00. The third kappa shape index (κ3) is 6.15. The minimum atomic E-state index is 1.15. The summed E-state index contributed by atoms with van der Waals surface area (Å²) in [5, 5.41) is 0. The lowest BCUT2D eigenvalue weighted by Gasteiger charge is -1.87. The second kappa shape index (κ2) is 7.60. The highest BCUT2D eigenvalue weighted by atomic mass is 13.9. The van der Waals surface area contributed by atoms with Crippen LogP contribution < -0.4 is 0 Å². The van der Waals surface area contributed by atoms with Crippen LogP contribution in [0.3, 0.4) is 0 Å². The molecule has 0 radical (unpaired) electrons. The van der Waals surface area contributed by atoms with Crippen molar-refractivity contribution in [3.63, 3.8) is 0 Å². The molecule has 0 spiro atoms. The molecule has 0 N–H and O–H groups in total. The van der Waals surface area contributed by atoms with Gasteiger partial charge in [0.1, 0.15) is 0 Å². The monoisotopic (exact) mass is 174 g/mol. The average Bonchev–Trinajstić information content (AvgIpc) is 2.18. The summed E-state index contributed by atoms with van der Waals surface area (Å²) in [5.74, 6) is 0. The number of rotatable bonds is 0. The molecule has 0 fully saturated rings. The molecule has 70 valence electrons. The Morgan fingerprint density at radius 3 is 1.31 bits per heavy atom. The second-order valence-electron chi connectivity index (χ2n) is 3.22. The fourth-order valence-electron chi connectivity index (χ4n) is 1.25. The van der Waals surface area contributed by atoms with Gasteiger partial charge in [0.2, 0.25) is 0 Å². The number of hydrogen-bond acceptors (Lipinski definition) is 0. The second-order valence-corrected chi connectivity index (χ2v) is 3.22. The maximum Gasteiger partial charge on any atom is -0.0313 e. The maximum absolute atomic E-state index is 2.25. The zero-order valence-corrected chi connectivity index (χ0v) is 8.15. The smallest absolute Gasteiger partial charge is 0.0313 e. The van der Waals surface area contributed by atoms with Crippen molar-refractivity contribution in [2.45, 2.75) is 32.1 Å². The molecule has 0 saturated carbocycles. The molecule has 0 atom stereocenters. The van der Waals surface area contributed by atoms with Crippen molar-refractivity contribution >= 4 is 0 Å². The molecule has 0 heteroatoms. The normalized spacial score (nSPS) is 24.0. The van der Waals surface area contributed by atoms with Gasteiger partial charge in [-0.25, -0.2) is 0 Å². The van der Waals surface area contributed by atoms with Crippen molar-refractivity contribution in [2.75, 3.05) is 0 Å². The van der Waals surface area contributed by atoms with E-state index in [9.17, 15) is 0 Å². The van der Waals surface area contributed by atoms with Gasteiger partial charge in [-0.3, -0.25) is 0 Å². The summed E-state index contributed by atoms with van der Waals surface area (Å²) in [6.45, 7) is 0. The predicted molar refractivity (Wildman–Crippen MR) is 59.6 cm³/mol.